The molecule has 1 amide bonds. The van der Waals surface area contributed by atoms with Gasteiger partial charge in [0.25, 0.3) is 5.91 Å². The number of nitrogens with one attached hydrogen (secondary N) is 1. The first-order valence-corrected chi connectivity index (χ1v) is 4.13. The summed E-state index contributed by atoms with van der Waals surface area (Å²) in [6.45, 7) is -0.208. The fraction of sp³-hybridized carbons (Fsp3) is 0.222. The molecule has 1 aromatic heterocycles. The summed E-state index contributed by atoms with van der Waals surface area (Å²) in [5.41, 5.74) is -1.09. The number of hydrogen-bond donors (Lipinski definition) is 1. The van der Waals surface area contributed by atoms with Crippen molar-refractivity contribution in [2.75, 3.05) is 6.54 Å². The van der Waals surface area contributed by atoms with E-state index in [-0.39, 0.29) is 12.1 Å². The Bertz CT molecular complexity index is 419. The number of carbonyl (C=O) groups excluding carboxylic acids is 1. The maximum atomic E-state index is 12.1. The molecule has 4 nitrogen and oxygen atoms in total. The third-order valence-corrected chi connectivity index (χ3v) is 1.64. The molecular weight excluding hydrogens is 223 g/mol. The molecule has 0 unspecified atom stereocenters. The fourth-order valence-electron chi connectivity index (χ4n) is 0.918. The monoisotopic (exact) mass is 229 g/mol. The fourth-order valence-corrected chi connectivity index (χ4v) is 0.918. The maximum absolute atomic E-state index is 12.1. The van der Waals surface area contributed by atoms with E-state index in [0.717, 1.165) is 12.3 Å². The highest BCUT2D eigenvalue weighted by Crippen LogP contribution is 2.27. The van der Waals surface area contributed by atoms with Crippen molar-refractivity contribution in [2.24, 2.45) is 0 Å². The number of nitriles is 1. The molecule has 0 fully saturated rings. The Morgan fingerprint density at radius 3 is 2.62 bits per heavy atom. The van der Waals surface area contributed by atoms with Gasteiger partial charge in [-0.05, 0) is 12.1 Å². The maximum Gasteiger partial charge on any atom is 0.433 e. The van der Waals surface area contributed by atoms with Crippen LogP contribution in [-0.4, -0.2) is 17.4 Å². The molecule has 0 aliphatic carbocycles. The van der Waals surface area contributed by atoms with Crippen LogP contribution in [0.2, 0.25) is 0 Å². The van der Waals surface area contributed by atoms with E-state index in [4.69, 9.17) is 5.26 Å². The summed E-state index contributed by atoms with van der Waals surface area (Å²) in [6, 6.07) is 3.38. The van der Waals surface area contributed by atoms with Gasteiger partial charge in [-0.2, -0.15) is 18.4 Å². The van der Waals surface area contributed by atoms with Gasteiger partial charge >= 0.3 is 6.18 Å². The number of alkyl halides is 3. The van der Waals surface area contributed by atoms with Crippen LogP contribution in [-0.2, 0) is 6.18 Å². The van der Waals surface area contributed by atoms with Gasteiger partial charge in [0.2, 0.25) is 0 Å². The third-order valence-electron chi connectivity index (χ3n) is 1.64. The topological polar surface area (TPSA) is 65.8 Å². The van der Waals surface area contributed by atoms with Gasteiger partial charge in [0.15, 0.2) is 0 Å². The minimum atomic E-state index is -4.53. The Kier molecular flexibility index (Phi) is 3.45. The Morgan fingerprint density at radius 2 is 2.19 bits per heavy atom. The van der Waals surface area contributed by atoms with Crippen LogP contribution in [0.1, 0.15) is 16.1 Å². The quantitative estimate of drug-likeness (QED) is 0.778. The summed E-state index contributed by atoms with van der Waals surface area (Å²) in [5, 5.41) is 10.4. The van der Waals surface area contributed by atoms with Gasteiger partial charge in [-0.15, -0.1) is 0 Å². The molecule has 7 heteroatoms. The second-order valence-electron chi connectivity index (χ2n) is 2.77. The second-order valence-corrected chi connectivity index (χ2v) is 2.77. The average molecular weight is 229 g/mol. The molecule has 84 valence electrons. The van der Waals surface area contributed by atoms with Gasteiger partial charge in [0.05, 0.1) is 11.6 Å². The lowest BCUT2D eigenvalue weighted by molar-refractivity contribution is -0.141. The molecule has 0 atom stereocenters. The average Bonchev–Trinajstić information content (AvgIpc) is 2.25. The van der Waals surface area contributed by atoms with Crippen LogP contribution < -0.4 is 5.32 Å². The standard InChI is InChI=1S/C9H6F3N3O/c10-9(11,12)7-2-1-6(5-15-7)8(16)14-4-3-13/h1-2,5H,4H2,(H,14,16). The van der Waals surface area contributed by atoms with Crippen LogP contribution in [0.25, 0.3) is 0 Å². The molecular formula is C9H6F3N3O. The largest absolute Gasteiger partial charge is 0.433 e. The summed E-state index contributed by atoms with van der Waals surface area (Å²) >= 11 is 0. The molecule has 0 aliphatic heterocycles. The molecule has 0 radical (unpaired) electrons. The first-order valence-electron chi connectivity index (χ1n) is 4.13. The van der Waals surface area contributed by atoms with E-state index in [0.29, 0.717) is 6.07 Å². The van der Waals surface area contributed by atoms with Crippen molar-refractivity contribution in [3.8, 4) is 6.07 Å². The van der Waals surface area contributed by atoms with Crippen LogP contribution in [0.4, 0.5) is 13.2 Å². The summed E-state index contributed by atoms with van der Waals surface area (Å²) in [5.74, 6) is -0.636. The highest BCUT2D eigenvalue weighted by molar-refractivity contribution is 5.93. The van der Waals surface area contributed by atoms with Crippen molar-refractivity contribution in [3.63, 3.8) is 0 Å². The summed E-state index contributed by atoms with van der Waals surface area (Å²) in [4.78, 5) is 14.3. The van der Waals surface area contributed by atoms with Crippen LogP contribution in [0.3, 0.4) is 0 Å². The predicted molar refractivity (Wildman–Crippen MR) is 47.2 cm³/mol. The van der Waals surface area contributed by atoms with E-state index < -0.39 is 17.8 Å². The van der Waals surface area contributed by atoms with E-state index in [1.165, 1.54) is 0 Å². The zero-order valence-electron chi connectivity index (χ0n) is 7.88. The van der Waals surface area contributed by atoms with Gasteiger partial charge in [-0.25, -0.2) is 0 Å². The number of pyridine rings is 1. The molecule has 16 heavy (non-hydrogen) atoms. The van der Waals surface area contributed by atoms with Crippen molar-refractivity contribution in [3.05, 3.63) is 29.6 Å². The lowest BCUT2D eigenvalue weighted by Crippen LogP contribution is -2.23. The highest BCUT2D eigenvalue weighted by atomic mass is 19.4. The Balaban J connectivity index is 2.80. The molecule has 0 bridgehead atoms. The summed E-state index contributed by atoms with van der Waals surface area (Å²) in [7, 11) is 0. The van der Waals surface area contributed by atoms with E-state index in [9.17, 15) is 18.0 Å². The molecule has 1 rings (SSSR count). The second kappa shape index (κ2) is 4.61. The van der Waals surface area contributed by atoms with Crippen LogP contribution in [0.5, 0.6) is 0 Å². The molecule has 0 aromatic carbocycles. The number of aromatic nitrogens is 1. The van der Waals surface area contributed by atoms with E-state index in [1.54, 1.807) is 6.07 Å². The van der Waals surface area contributed by atoms with Gasteiger partial charge < -0.3 is 5.32 Å². The first kappa shape index (κ1) is 12.0. The van der Waals surface area contributed by atoms with Crippen molar-refractivity contribution < 1.29 is 18.0 Å². The van der Waals surface area contributed by atoms with Crippen molar-refractivity contribution in [2.45, 2.75) is 6.18 Å². The van der Waals surface area contributed by atoms with Gasteiger partial charge in [0.1, 0.15) is 12.2 Å². The SMILES string of the molecule is N#CCNC(=O)c1ccc(C(F)(F)F)nc1. The Hall–Kier alpha value is -2.10. The minimum absolute atomic E-state index is 0.0248. The smallest absolute Gasteiger partial charge is 0.339 e. The third kappa shape index (κ3) is 2.95. The molecule has 1 N–H and O–H groups in total. The number of carbonyl (C=O) groups is 1. The van der Waals surface area contributed by atoms with Crippen LogP contribution in [0.15, 0.2) is 18.3 Å². The highest BCUT2D eigenvalue weighted by Gasteiger charge is 2.32. The first-order chi connectivity index (χ1) is 7.45. The van der Waals surface area contributed by atoms with Gasteiger partial charge in [-0.1, -0.05) is 0 Å². The number of hydrogen-bond acceptors (Lipinski definition) is 3. The van der Waals surface area contributed by atoms with Gasteiger partial charge in [0, 0.05) is 6.20 Å². The van der Waals surface area contributed by atoms with E-state index in [2.05, 4.69) is 10.3 Å². The lowest BCUT2D eigenvalue weighted by Gasteiger charge is -2.05. The molecule has 0 aliphatic rings. The van der Waals surface area contributed by atoms with Crippen molar-refractivity contribution >= 4 is 5.91 Å². The molecule has 0 saturated carbocycles. The minimum Gasteiger partial charge on any atom is -0.339 e. The Morgan fingerprint density at radius 1 is 1.50 bits per heavy atom. The number of halogens is 3. The molecule has 1 aromatic rings. The number of rotatable bonds is 2. The van der Waals surface area contributed by atoms with Crippen LogP contribution >= 0.6 is 0 Å². The normalized spacial score (nSPS) is 10.6. The molecule has 0 saturated heterocycles. The number of nitrogens with zero attached hydrogens (tertiary/aromatic N) is 2. The van der Waals surface area contributed by atoms with E-state index >= 15 is 0 Å². The van der Waals surface area contributed by atoms with Crippen molar-refractivity contribution in [1.29, 1.82) is 5.26 Å². The number of amides is 1. The lowest BCUT2D eigenvalue weighted by atomic mass is 10.2. The summed E-state index contributed by atoms with van der Waals surface area (Å²) in [6.07, 6.45) is -3.71. The van der Waals surface area contributed by atoms with Crippen molar-refractivity contribution in [1.82, 2.24) is 10.3 Å². The molecule has 1 heterocycles. The molecule has 0 spiro atoms. The summed E-state index contributed by atoms with van der Waals surface area (Å²) < 4.78 is 36.4. The zero-order valence-corrected chi connectivity index (χ0v) is 7.88. The van der Waals surface area contributed by atoms with Gasteiger partial charge in [-0.3, -0.25) is 9.78 Å². The zero-order chi connectivity index (χ0) is 12.2. The Labute approximate surface area is 88.7 Å². The predicted octanol–water partition coefficient (Wildman–Crippen LogP) is 1.35. The van der Waals surface area contributed by atoms with Crippen LogP contribution in [0, 0.1) is 11.3 Å². The van der Waals surface area contributed by atoms with E-state index in [1.807, 2.05) is 0 Å².